The van der Waals surface area contributed by atoms with Crippen molar-refractivity contribution in [1.82, 2.24) is 0 Å². The maximum Gasteiger partial charge on any atom is 0.229 e. The summed E-state index contributed by atoms with van der Waals surface area (Å²) in [6.45, 7) is 3.39. The van der Waals surface area contributed by atoms with Crippen molar-refractivity contribution in [1.29, 1.82) is 0 Å². The monoisotopic (exact) mass is 178 g/mol. The van der Waals surface area contributed by atoms with Gasteiger partial charge in [-0.2, -0.15) is 0 Å². The fourth-order valence-electron chi connectivity index (χ4n) is 0.613. The minimum atomic E-state index is -1.07. The first kappa shape index (κ1) is 10.6. The van der Waals surface area contributed by atoms with Gasteiger partial charge in [0.05, 0.1) is 6.42 Å². The number of aliphatic hydroxyl groups is 1. The van der Waals surface area contributed by atoms with Crippen LogP contribution in [0.15, 0.2) is 0 Å². The highest BCUT2D eigenvalue weighted by Crippen LogP contribution is 2.05. The molecule has 4 heteroatoms. The van der Waals surface area contributed by atoms with Crippen LogP contribution >= 0.6 is 11.6 Å². The number of Topliss-reactive ketones (excluding diaryl/α,β-unsaturated/α-hetero) is 1. The lowest BCUT2D eigenvalue weighted by atomic mass is 10.0. The van der Waals surface area contributed by atoms with Gasteiger partial charge in [-0.05, 0) is 17.5 Å². The molecule has 1 N–H and O–H groups in total. The van der Waals surface area contributed by atoms with Crippen molar-refractivity contribution in [2.75, 3.05) is 0 Å². The van der Waals surface area contributed by atoms with E-state index in [4.69, 9.17) is 16.7 Å². The Hall–Kier alpha value is -0.410. The van der Waals surface area contributed by atoms with Gasteiger partial charge in [-0.3, -0.25) is 9.59 Å². The van der Waals surface area contributed by atoms with Crippen LogP contribution in [0, 0.1) is 5.92 Å². The van der Waals surface area contributed by atoms with Gasteiger partial charge in [0.2, 0.25) is 5.24 Å². The van der Waals surface area contributed by atoms with E-state index in [0.29, 0.717) is 0 Å². The fraction of sp³-hybridized carbons (Fsp3) is 0.714. The van der Waals surface area contributed by atoms with Crippen LogP contribution in [0.1, 0.15) is 20.3 Å². The predicted octanol–water partition coefficient (Wildman–Crippen LogP) is 0.728. The highest BCUT2D eigenvalue weighted by molar-refractivity contribution is 6.65. The van der Waals surface area contributed by atoms with Crippen LogP contribution in [-0.4, -0.2) is 22.2 Å². The SMILES string of the molecule is CC(C)[C@H](O)C(=O)CC(=O)Cl. The van der Waals surface area contributed by atoms with Crippen molar-refractivity contribution < 1.29 is 14.7 Å². The molecular weight excluding hydrogens is 168 g/mol. The molecule has 0 aliphatic carbocycles. The summed E-state index contributed by atoms with van der Waals surface area (Å²) in [4.78, 5) is 21.1. The van der Waals surface area contributed by atoms with E-state index < -0.39 is 17.1 Å². The molecule has 0 aromatic carbocycles. The quantitative estimate of drug-likeness (QED) is 0.510. The number of hydrogen-bond acceptors (Lipinski definition) is 3. The summed E-state index contributed by atoms with van der Waals surface area (Å²) in [5, 5.41) is 8.36. The zero-order valence-electron chi connectivity index (χ0n) is 6.50. The number of carbonyl (C=O) groups is 2. The second-order valence-corrected chi connectivity index (χ2v) is 3.11. The summed E-state index contributed by atoms with van der Waals surface area (Å²) in [6.07, 6.45) is -1.46. The molecule has 0 heterocycles. The minimum absolute atomic E-state index is 0.168. The number of aliphatic hydroxyl groups excluding tert-OH is 1. The summed E-state index contributed by atoms with van der Waals surface area (Å²) in [6, 6.07) is 0. The molecule has 0 bridgehead atoms. The van der Waals surface area contributed by atoms with Crippen LogP contribution in [0.3, 0.4) is 0 Å². The van der Waals surface area contributed by atoms with Gasteiger partial charge in [-0.25, -0.2) is 0 Å². The standard InChI is InChI=1S/C7H11ClO3/c1-4(2)7(11)5(9)3-6(8)10/h4,7,11H,3H2,1-2H3/t7-/m0/s1. The van der Waals surface area contributed by atoms with Crippen molar-refractivity contribution in [2.24, 2.45) is 5.92 Å². The predicted molar refractivity (Wildman–Crippen MR) is 41.3 cm³/mol. The molecule has 0 aromatic heterocycles. The molecule has 1 atom stereocenters. The molecule has 0 amide bonds. The third-order valence-corrected chi connectivity index (χ3v) is 1.41. The topological polar surface area (TPSA) is 54.4 Å². The first-order valence-electron chi connectivity index (χ1n) is 3.34. The van der Waals surface area contributed by atoms with Crippen LogP contribution in [0.25, 0.3) is 0 Å². The van der Waals surface area contributed by atoms with Crippen molar-refractivity contribution in [3.8, 4) is 0 Å². The lowest BCUT2D eigenvalue weighted by Crippen LogP contribution is -2.27. The minimum Gasteiger partial charge on any atom is -0.385 e. The van der Waals surface area contributed by atoms with E-state index in [0.717, 1.165) is 0 Å². The second-order valence-electron chi connectivity index (χ2n) is 2.69. The van der Waals surface area contributed by atoms with Gasteiger partial charge >= 0.3 is 0 Å². The van der Waals surface area contributed by atoms with Gasteiger partial charge in [0.15, 0.2) is 5.78 Å². The summed E-state index contributed by atoms with van der Waals surface area (Å²) in [7, 11) is 0. The van der Waals surface area contributed by atoms with Crippen LogP contribution in [-0.2, 0) is 9.59 Å². The van der Waals surface area contributed by atoms with Crippen molar-refractivity contribution in [2.45, 2.75) is 26.4 Å². The van der Waals surface area contributed by atoms with Crippen molar-refractivity contribution >= 4 is 22.6 Å². The maximum atomic E-state index is 10.8. The fourth-order valence-corrected chi connectivity index (χ4v) is 0.745. The Morgan fingerprint density at radius 3 is 2.18 bits per heavy atom. The molecule has 0 saturated carbocycles. The molecule has 0 rings (SSSR count). The number of carbonyl (C=O) groups excluding carboxylic acids is 2. The Labute approximate surface area is 70.3 Å². The maximum absolute atomic E-state index is 10.8. The van der Waals surface area contributed by atoms with Crippen molar-refractivity contribution in [3.63, 3.8) is 0 Å². The number of halogens is 1. The van der Waals surface area contributed by atoms with Crippen molar-refractivity contribution in [3.05, 3.63) is 0 Å². The van der Waals surface area contributed by atoms with Crippen LogP contribution in [0.2, 0.25) is 0 Å². The van der Waals surface area contributed by atoms with Gasteiger partial charge in [0, 0.05) is 0 Å². The molecule has 0 unspecified atom stereocenters. The summed E-state index contributed by atoms with van der Waals surface area (Å²) in [5.74, 6) is -0.682. The highest BCUT2D eigenvalue weighted by Gasteiger charge is 2.20. The Morgan fingerprint density at radius 1 is 1.45 bits per heavy atom. The first-order valence-corrected chi connectivity index (χ1v) is 3.72. The van der Waals surface area contributed by atoms with E-state index in [9.17, 15) is 9.59 Å². The Morgan fingerprint density at radius 2 is 1.91 bits per heavy atom. The van der Waals surface area contributed by atoms with E-state index in [1.165, 1.54) is 0 Å². The normalized spacial score (nSPS) is 13.2. The number of ketones is 1. The lowest BCUT2D eigenvalue weighted by molar-refractivity contribution is -0.131. The molecule has 0 aromatic rings. The zero-order valence-corrected chi connectivity index (χ0v) is 7.26. The van der Waals surface area contributed by atoms with Gasteiger partial charge in [-0.15, -0.1) is 0 Å². The number of hydrogen-bond donors (Lipinski definition) is 1. The van der Waals surface area contributed by atoms with E-state index in [2.05, 4.69) is 0 Å². The summed E-state index contributed by atoms with van der Waals surface area (Å²) >= 11 is 4.95. The average Bonchev–Trinajstić information content (AvgIpc) is 1.84. The third-order valence-electron chi connectivity index (χ3n) is 1.27. The highest BCUT2D eigenvalue weighted by atomic mass is 35.5. The smallest absolute Gasteiger partial charge is 0.229 e. The van der Waals surface area contributed by atoms with E-state index >= 15 is 0 Å². The third kappa shape index (κ3) is 4.11. The average molecular weight is 179 g/mol. The van der Waals surface area contributed by atoms with Crippen LogP contribution in [0.5, 0.6) is 0 Å². The van der Waals surface area contributed by atoms with E-state index in [-0.39, 0.29) is 12.3 Å². The lowest BCUT2D eigenvalue weighted by Gasteiger charge is -2.10. The molecule has 0 aliphatic rings. The van der Waals surface area contributed by atoms with Crippen LogP contribution in [0.4, 0.5) is 0 Å². The molecule has 0 radical (unpaired) electrons. The molecule has 64 valence electrons. The molecule has 0 spiro atoms. The zero-order chi connectivity index (χ0) is 9.02. The second kappa shape index (κ2) is 4.46. The molecule has 0 saturated heterocycles. The molecular formula is C7H11ClO3. The molecule has 0 fully saturated rings. The molecule has 11 heavy (non-hydrogen) atoms. The molecule has 3 nitrogen and oxygen atoms in total. The van der Waals surface area contributed by atoms with E-state index in [1.54, 1.807) is 13.8 Å². The molecule has 0 aliphatic heterocycles. The van der Waals surface area contributed by atoms with Crippen LogP contribution < -0.4 is 0 Å². The Bertz CT molecular complexity index is 165. The van der Waals surface area contributed by atoms with Gasteiger partial charge in [0.25, 0.3) is 0 Å². The van der Waals surface area contributed by atoms with Gasteiger partial charge < -0.3 is 5.11 Å². The summed E-state index contributed by atoms with van der Waals surface area (Å²) < 4.78 is 0. The number of rotatable bonds is 4. The summed E-state index contributed by atoms with van der Waals surface area (Å²) in [5.41, 5.74) is 0. The Kier molecular flexibility index (Phi) is 4.30. The largest absolute Gasteiger partial charge is 0.385 e. The van der Waals surface area contributed by atoms with E-state index in [1.807, 2.05) is 0 Å². The Balaban J connectivity index is 3.93. The van der Waals surface area contributed by atoms with Gasteiger partial charge in [0.1, 0.15) is 6.10 Å². The first-order chi connectivity index (χ1) is 4.95. The van der Waals surface area contributed by atoms with Gasteiger partial charge in [-0.1, -0.05) is 13.8 Å².